The summed E-state index contributed by atoms with van der Waals surface area (Å²) in [7, 11) is 0. The number of alkyl halides is 1. The van der Waals surface area contributed by atoms with Crippen molar-refractivity contribution in [2.75, 3.05) is 6.54 Å². The van der Waals surface area contributed by atoms with Crippen LogP contribution in [-0.4, -0.2) is 12.5 Å². The molecule has 1 rings (SSSR count). The van der Waals surface area contributed by atoms with Gasteiger partial charge in [0.15, 0.2) is 0 Å². The van der Waals surface area contributed by atoms with Gasteiger partial charge in [0, 0.05) is 13.0 Å². The van der Waals surface area contributed by atoms with Crippen LogP contribution in [0.5, 0.6) is 0 Å². The molecule has 0 aromatic heterocycles. The van der Waals surface area contributed by atoms with Gasteiger partial charge in [-0.3, -0.25) is 4.79 Å². The number of rotatable bonds is 6. The summed E-state index contributed by atoms with van der Waals surface area (Å²) in [5.41, 5.74) is 1.04. The second-order valence-electron chi connectivity index (χ2n) is 3.79. The van der Waals surface area contributed by atoms with Gasteiger partial charge >= 0.3 is 0 Å². The lowest BCUT2D eigenvalue weighted by atomic mass is 10.1. The smallest absolute Gasteiger partial charge is 0.220 e. The van der Waals surface area contributed by atoms with Crippen molar-refractivity contribution >= 4 is 17.5 Å². The Morgan fingerprint density at radius 1 is 1.38 bits per heavy atom. The van der Waals surface area contributed by atoms with Crippen molar-refractivity contribution < 1.29 is 4.79 Å². The van der Waals surface area contributed by atoms with Crippen LogP contribution in [0.15, 0.2) is 30.3 Å². The molecule has 16 heavy (non-hydrogen) atoms. The molecular weight excluding hydrogens is 222 g/mol. The van der Waals surface area contributed by atoms with Crippen LogP contribution in [0.3, 0.4) is 0 Å². The van der Waals surface area contributed by atoms with Crippen LogP contribution in [0, 0.1) is 0 Å². The highest BCUT2D eigenvalue weighted by Gasteiger charge is 2.08. The van der Waals surface area contributed by atoms with E-state index in [2.05, 4.69) is 12.2 Å². The first kappa shape index (κ1) is 13.0. The Morgan fingerprint density at radius 2 is 2.06 bits per heavy atom. The maximum Gasteiger partial charge on any atom is 0.220 e. The second-order valence-corrected chi connectivity index (χ2v) is 4.31. The Hall–Kier alpha value is -1.02. The number of benzene rings is 1. The third-order valence-corrected chi connectivity index (χ3v) is 2.80. The molecule has 0 saturated heterocycles. The summed E-state index contributed by atoms with van der Waals surface area (Å²) in [4.78, 5) is 11.4. The number of amides is 1. The van der Waals surface area contributed by atoms with Crippen molar-refractivity contribution in [1.82, 2.24) is 5.32 Å². The number of hydrogen-bond donors (Lipinski definition) is 1. The van der Waals surface area contributed by atoms with Gasteiger partial charge in [-0.2, -0.15) is 0 Å². The number of nitrogens with one attached hydrogen (secondary N) is 1. The molecule has 0 aliphatic carbocycles. The van der Waals surface area contributed by atoms with Gasteiger partial charge in [-0.15, -0.1) is 11.6 Å². The molecular formula is C13H18ClNO. The van der Waals surface area contributed by atoms with Gasteiger partial charge in [0.25, 0.3) is 0 Å². The summed E-state index contributed by atoms with van der Waals surface area (Å²) in [5.74, 6) is 0.0865. The van der Waals surface area contributed by atoms with Gasteiger partial charge in [-0.05, 0) is 12.0 Å². The van der Waals surface area contributed by atoms with Crippen LogP contribution in [0.1, 0.15) is 37.1 Å². The Bertz CT molecular complexity index is 313. The van der Waals surface area contributed by atoms with Crippen LogP contribution in [0.2, 0.25) is 0 Å². The summed E-state index contributed by atoms with van der Waals surface area (Å²) in [5, 5.41) is 2.70. The van der Waals surface area contributed by atoms with Crippen LogP contribution < -0.4 is 5.32 Å². The first-order chi connectivity index (χ1) is 7.74. The van der Waals surface area contributed by atoms with Crippen molar-refractivity contribution in [3.8, 4) is 0 Å². The molecule has 1 aromatic rings. The largest absolute Gasteiger partial charge is 0.354 e. The van der Waals surface area contributed by atoms with Crippen molar-refractivity contribution in [2.45, 2.75) is 31.6 Å². The molecule has 0 fully saturated rings. The molecule has 1 N–H and O–H groups in total. The zero-order valence-electron chi connectivity index (χ0n) is 9.58. The number of carbonyl (C=O) groups excluding carboxylic acids is 1. The summed E-state index contributed by atoms with van der Waals surface area (Å²) in [6.45, 7) is 2.57. The Balaban J connectivity index is 2.30. The predicted molar refractivity (Wildman–Crippen MR) is 67.6 cm³/mol. The summed E-state index contributed by atoms with van der Waals surface area (Å²) < 4.78 is 0. The third kappa shape index (κ3) is 4.67. The number of hydrogen-bond acceptors (Lipinski definition) is 1. The van der Waals surface area contributed by atoms with Crippen molar-refractivity contribution in [3.05, 3.63) is 35.9 Å². The van der Waals surface area contributed by atoms with Crippen LogP contribution >= 0.6 is 11.6 Å². The molecule has 3 heteroatoms. The lowest BCUT2D eigenvalue weighted by molar-refractivity contribution is -0.121. The minimum absolute atomic E-state index is 0.0865. The SMILES string of the molecule is CCCCC(=O)NCC(Cl)c1ccccc1. The zero-order chi connectivity index (χ0) is 11.8. The highest BCUT2D eigenvalue weighted by atomic mass is 35.5. The molecule has 88 valence electrons. The van der Waals surface area contributed by atoms with Crippen LogP contribution in [0.4, 0.5) is 0 Å². The van der Waals surface area contributed by atoms with E-state index in [1.54, 1.807) is 0 Å². The van der Waals surface area contributed by atoms with Crippen molar-refractivity contribution in [3.63, 3.8) is 0 Å². The zero-order valence-corrected chi connectivity index (χ0v) is 10.3. The fourth-order valence-corrected chi connectivity index (χ4v) is 1.63. The van der Waals surface area contributed by atoms with Gasteiger partial charge < -0.3 is 5.32 Å². The van der Waals surface area contributed by atoms with E-state index in [0.717, 1.165) is 18.4 Å². The molecule has 0 saturated carbocycles. The van der Waals surface area contributed by atoms with E-state index < -0.39 is 0 Å². The molecule has 1 unspecified atom stereocenters. The molecule has 0 aliphatic rings. The van der Waals surface area contributed by atoms with E-state index in [4.69, 9.17) is 11.6 Å². The van der Waals surface area contributed by atoms with E-state index in [1.165, 1.54) is 0 Å². The molecule has 0 bridgehead atoms. The lowest BCUT2D eigenvalue weighted by Gasteiger charge is -2.10. The summed E-state index contributed by atoms with van der Waals surface area (Å²) in [6.07, 6.45) is 2.56. The molecule has 1 aromatic carbocycles. The van der Waals surface area contributed by atoms with Crippen molar-refractivity contribution in [2.24, 2.45) is 0 Å². The molecule has 0 radical (unpaired) electrons. The predicted octanol–water partition coefficient (Wildman–Crippen LogP) is 3.27. The monoisotopic (exact) mass is 239 g/mol. The molecule has 1 amide bonds. The van der Waals surface area contributed by atoms with Crippen LogP contribution in [0.25, 0.3) is 0 Å². The molecule has 0 spiro atoms. The molecule has 2 nitrogen and oxygen atoms in total. The third-order valence-electron chi connectivity index (χ3n) is 2.40. The topological polar surface area (TPSA) is 29.1 Å². The highest BCUT2D eigenvalue weighted by molar-refractivity contribution is 6.21. The summed E-state index contributed by atoms with van der Waals surface area (Å²) >= 11 is 6.17. The number of unbranched alkanes of at least 4 members (excludes halogenated alkanes) is 1. The average molecular weight is 240 g/mol. The first-order valence-electron chi connectivity index (χ1n) is 5.69. The average Bonchev–Trinajstić information content (AvgIpc) is 2.34. The van der Waals surface area contributed by atoms with Gasteiger partial charge in [0.2, 0.25) is 5.91 Å². The van der Waals surface area contributed by atoms with E-state index in [9.17, 15) is 4.79 Å². The van der Waals surface area contributed by atoms with Gasteiger partial charge in [-0.1, -0.05) is 43.7 Å². The maximum atomic E-state index is 11.4. The van der Waals surface area contributed by atoms with Gasteiger partial charge in [0.1, 0.15) is 0 Å². The second kappa shape index (κ2) is 7.29. The van der Waals surface area contributed by atoms with Crippen LogP contribution in [-0.2, 0) is 4.79 Å². The van der Waals surface area contributed by atoms with E-state index in [1.807, 2.05) is 30.3 Å². The lowest BCUT2D eigenvalue weighted by Crippen LogP contribution is -2.26. The minimum Gasteiger partial charge on any atom is -0.354 e. The fourth-order valence-electron chi connectivity index (χ4n) is 1.41. The van der Waals surface area contributed by atoms with Crippen molar-refractivity contribution in [1.29, 1.82) is 0 Å². The van der Waals surface area contributed by atoms with E-state index in [0.29, 0.717) is 13.0 Å². The quantitative estimate of drug-likeness (QED) is 0.759. The summed E-state index contributed by atoms with van der Waals surface area (Å²) in [6, 6.07) is 9.78. The van der Waals surface area contributed by atoms with E-state index in [-0.39, 0.29) is 11.3 Å². The first-order valence-corrected chi connectivity index (χ1v) is 6.13. The van der Waals surface area contributed by atoms with E-state index >= 15 is 0 Å². The number of carbonyl (C=O) groups is 1. The Morgan fingerprint density at radius 3 is 2.69 bits per heavy atom. The number of halogens is 1. The maximum absolute atomic E-state index is 11.4. The fraction of sp³-hybridized carbons (Fsp3) is 0.462. The minimum atomic E-state index is -0.147. The normalized spacial score (nSPS) is 12.1. The highest BCUT2D eigenvalue weighted by Crippen LogP contribution is 2.18. The van der Waals surface area contributed by atoms with Gasteiger partial charge in [-0.25, -0.2) is 0 Å². The standard InChI is InChI=1S/C13H18ClNO/c1-2-3-9-13(16)15-10-12(14)11-7-5-4-6-8-11/h4-8,12H,2-3,9-10H2,1H3,(H,15,16). The molecule has 0 heterocycles. The molecule has 0 aliphatic heterocycles. The Labute approximate surface area is 102 Å². The molecule has 1 atom stereocenters. The van der Waals surface area contributed by atoms with Gasteiger partial charge in [0.05, 0.1) is 5.38 Å². The Kier molecular flexibility index (Phi) is 5.94.